The van der Waals surface area contributed by atoms with E-state index in [9.17, 15) is 0 Å². The first-order valence-corrected chi connectivity index (χ1v) is 6.85. The molecule has 0 aliphatic heterocycles. The van der Waals surface area contributed by atoms with Crippen molar-refractivity contribution in [2.24, 2.45) is 7.05 Å². The highest BCUT2D eigenvalue weighted by molar-refractivity contribution is 7.98. The number of nitrogens with one attached hydrogen (secondary N) is 1. The summed E-state index contributed by atoms with van der Waals surface area (Å²) in [6.45, 7) is 3.95. The van der Waals surface area contributed by atoms with Crippen LogP contribution in [-0.4, -0.2) is 23.1 Å². The molecule has 0 aliphatic carbocycles. The van der Waals surface area contributed by atoms with E-state index in [1.807, 2.05) is 29.4 Å². The Kier molecular flexibility index (Phi) is 5.44. The highest BCUT2D eigenvalue weighted by Gasteiger charge is 2.07. The van der Waals surface area contributed by atoms with Crippen molar-refractivity contribution in [2.75, 3.05) is 18.6 Å². The molecule has 0 saturated heterocycles. The van der Waals surface area contributed by atoms with E-state index in [-0.39, 0.29) is 0 Å². The van der Waals surface area contributed by atoms with Crippen molar-refractivity contribution in [2.45, 2.75) is 19.9 Å². The van der Waals surface area contributed by atoms with Crippen LogP contribution in [0.3, 0.4) is 0 Å². The maximum absolute atomic E-state index is 8.90. The van der Waals surface area contributed by atoms with Crippen molar-refractivity contribution in [3.05, 3.63) is 23.0 Å². The first kappa shape index (κ1) is 13.1. The van der Waals surface area contributed by atoms with Crippen molar-refractivity contribution >= 4 is 11.8 Å². The molecule has 16 heavy (non-hydrogen) atoms. The van der Waals surface area contributed by atoms with Gasteiger partial charge in [0.15, 0.2) is 0 Å². The monoisotopic (exact) mass is 237 g/mol. The van der Waals surface area contributed by atoms with Crippen LogP contribution in [0.1, 0.15) is 23.4 Å². The fraction of sp³-hybridized carbons (Fsp3) is 0.583. The number of hydrogen-bond donors (Lipinski definition) is 1. The number of rotatable bonds is 6. The van der Waals surface area contributed by atoms with Gasteiger partial charge in [0.05, 0.1) is 0 Å². The average Bonchev–Trinajstić information content (AvgIpc) is 2.56. The van der Waals surface area contributed by atoms with E-state index in [0.717, 1.165) is 18.8 Å². The largest absolute Gasteiger partial charge is 0.340 e. The van der Waals surface area contributed by atoms with Gasteiger partial charge in [-0.1, -0.05) is 0 Å². The van der Waals surface area contributed by atoms with Crippen LogP contribution in [0, 0.1) is 18.3 Å². The molecule has 0 fully saturated rings. The Balaban J connectivity index is 2.46. The molecule has 0 saturated carbocycles. The summed E-state index contributed by atoms with van der Waals surface area (Å²) in [4.78, 5) is 0. The van der Waals surface area contributed by atoms with Crippen molar-refractivity contribution in [1.82, 2.24) is 9.88 Å². The fourth-order valence-corrected chi connectivity index (χ4v) is 2.05. The summed E-state index contributed by atoms with van der Waals surface area (Å²) in [5, 5.41) is 12.3. The Hall–Kier alpha value is -0.920. The second-order valence-corrected chi connectivity index (χ2v) is 4.82. The van der Waals surface area contributed by atoms with Gasteiger partial charge in [-0.25, -0.2) is 0 Å². The van der Waals surface area contributed by atoms with Crippen LogP contribution in [0.4, 0.5) is 0 Å². The van der Waals surface area contributed by atoms with Crippen LogP contribution >= 0.6 is 11.8 Å². The topological polar surface area (TPSA) is 40.8 Å². The third-order valence-corrected chi connectivity index (χ3v) is 3.47. The SMILES string of the molecule is CSCCCNCc1cc(C#N)n(C)c1C. The molecule has 0 atom stereocenters. The Morgan fingerprint density at radius 2 is 2.31 bits per heavy atom. The van der Waals surface area contributed by atoms with Crippen molar-refractivity contribution in [3.8, 4) is 6.07 Å². The molecule has 1 rings (SSSR count). The quantitative estimate of drug-likeness (QED) is 0.770. The van der Waals surface area contributed by atoms with Crippen molar-refractivity contribution in [1.29, 1.82) is 5.26 Å². The molecule has 0 bridgehead atoms. The van der Waals surface area contributed by atoms with E-state index < -0.39 is 0 Å². The predicted octanol–water partition coefficient (Wildman–Crippen LogP) is 2.05. The van der Waals surface area contributed by atoms with Gasteiger partial charge < -0.3 is 9.88 Å². The third-order valence-electron chi connectivity index (χ3n) is 2.77. The molecule has 1 aromatic rings. The van der Waals surface area contributed by atoms with Gasteiger partial charge in [0.1, 0.15) is 11.8 Å². The molecule has 0 aliphatic rings. The van der Waals surface area contributed by atoms with Gasteiger partial charge >= 0.3 is 0 Å². The van der Waals surface area contributed by atoms with E-state index >= 15 is 0 Å². The molecular weight excluding hydrogens is 218 g/mol. The Bertz CT molecular complexity index is 376. The number of aromatic nitrogens is 1. The summed E-state index contributed by atoms with van der Waals surface area (Å²) in [5.41, 5.74) is 3.13. The number of thioether (sulfide) groups is 1. The minimum Gasteiger partial charge on any atom is -0.340 e. The maximum atomic E-state index is 8.90. The molecule has 0 spiro atoms. The minimum atomic E-state index is 0.735. The fourth-order valence-electron chi connectivity index (χ4n) is 1.61. The van der Waals surface area contributed by atoms with Crippen molar-refractivity contribution < 1.29 is 0 Å². The standard InChI is InChI=1S/C12H19N3S/c1-10-11(7-12(8-13)15(10)2)9-14-5-4-6-16-3/h7,14H,4-6,9H2,1-3H3. The normalized spacial score (nSPS) is 10.4. The predicted molar refractivity (Wildman–Crippen MR) is 69.6 cm³/mol. The van der Waals surface area contributed by atoms with Crippen LogP contribution < -0.4 is 5.32 Å². The smallest absolute Gasteiger partial charge is 0.120 e. The molecule has 0 aromatic carbocycles. The van der Waals surface area contributed by atoms with E-state index in [1.54, 1.807) is 0 Å². The second-order valence-electron chi connectivity index (χ2n) is 3.83. The van der Waals surface area contributed by atoms with Crippen LogP contribution in [0.2, 0.25) is 0 Å². The minimum absolute atomic E-state index is 0.735. The van der Waals surface area contributed by atoms with Crippen LogP contribution in [0.25, 0.3) is 0 Å². The van der Waals surface area contributed by atoms with Crippen LogP contribution in [0.5, 0.6) is 0 Å². The zero-order chi connectivity index (χ0) is 12.0. The van der Waals surface area contributed by atoms with Crippen LogP contribution in [-0.2, 0) is 13.6 Å². The lowest BCUT2D eigenvalue weighted by Gasteiger charge is -2.04. The van der Waals surface area contributed by atoms with Gasteiger partial charge in [-0.2, -0.15) is 17.0 Å². The van der Waals surface area contributed by atoms with Gasteiger partial charge in [0, 0.05) is 19.3 Å². The summed E-state index contributed by atoms with van der Waals surface area (Å²) in [7, 11) is 1.94. The van der Waals surface area contributed by atoms with E-state index in [0.29, 0.717) is 0 Å². The van der Waals surface area contributed by atoms with Gasteiger partial charge in [0.25, 0.3) is 0 Å². The Morgan fingerprint density at radius 3 is 2.88 bits per heavy atom. The Labute approximate surface area is 102 Å². The first-order chi connectivity index (χ1) is 7.70. The Morgan fingerprint density at radius 1 is 1.56 bits per heavy atom. The zero-order valence-corrected chi connectivity index (χ0v) is 11.0. The molecule has 0 amide bonds. The van der Waals surface area contributed by atoms with E-state index in [2.05, 4.69) is 24.6 Å². The number of hydrogen-bond acceptors (Lipinski definition) is 3. The van der Waals surface area contributed by atoms with E-state index in [1.165, 1.54) is 23.4 Å². The highest BCUT2D eigenvalue weighted by Crippen LogP contribution is 2.12. The summed E-state index contributed by atoms with van der Waals surface area (Å²) in [6.07, 6.45) is 3.32. The molecule has 1 N–H and O–H groups in total. The maximum Gasteiger partial charge on any atom is 0.120 e. The lowest BCUT2D eigenvalue weighted by Crippen LogP contribution is -2.15. The molecule has 0 radical (unpaired) electrons. The molecule has 1 heterocycles. The molecule has 1 aromatic heterocycles. The second kappa shape index (κ2) is 6.62. The summed E-state index contributed by atoms with van der Waals surface area (Å²) >= 11 is 1.87. The molecule has 4 heteroatoms. The summed E-state index contributed by atoms with van der Waals surface area (Å²) in [5.74, 6) is 1.20. The van der Waals surface area contributed by atoms with E-state index in [4.69, 9.17) is 5.26 Å². The number of nitriles is 1. The molecule has 3 nitrogen and oxygen atoms in total. The average molecular weight is 237 g/mol. The highest BCUT2D eigenvalue weighted by atomic mass is 32.2. The van der Waals surface area contributed by atoms with Crippen molar-refractivity contribution in [3.63, 3.8) is 0 Å². The lowest BCUT2D eigenvalue weighted by atomic mass is 10.2. The van der Waals surface area contributed by atoms with Gasteiger partial charge in [-0.3, -0.25) is 0 Å². The zero-order valence-electron chi connectivity index (χ0n) is 10.2. The summed E-state index contributed by atoms with van der Waals surface area (Å²) < 4.78 is 1.94. The first-order valence-electron chi connectivity index (χ1n) is 5.45. The molecule has 0 unspecified atom stereocenters. The van der Waals surface area contributed by atoms with Gasteiger partial charge in [0.2, 0.25) is 0 Å². The third kappa shape index (κ3) is 3.29. The van der Waals surface area contributed by atoms with Gasteiger partial charge in [-0.15, -0.1) is 0 Å². The molecular formula is C12H19N3S. The van der Waals surface area contributed by atoms with Crippen LogP contribution in [0.15, 0.2) is 6.07 Å². The lowest BCUT2D eigenvalue weighted by molar-refractivity contribution is 0.674. The van der Waals surface area contributed by atoms with Gasteiger partial charge in [-0.05, 0) is 43.5 Å². The number of nitrogens with zero attached hydrogens (tertiary/aromatic N) is 2. The molecule has 88 valence electrons. The summed E-state index contributed by atoms with van der Waals surface area (Å²) in [6, 6.07) is 4.17.